The molecule has 3 nitrogen and oxygen atoms in total. The lowest BCUT2D eigenvalue weighted by atomic mass is 9.84. The third-order valence-corrected chi connectivity index (χ3v) is 6.44. The molecule has 2 aromatic carbocycles. The van der Waals surface area contributed by atoms with Gasteiger partial charge in [0.2, 0.25) is 0 Å². The van der Waals surface area contributed by atoms with Crippen LogP contribution >= 0.6 is 0 Å². The van der Waals surface area contributed by atoms with Gasteiger partial charge in [-0.1, -0.05) is 30.3 Å². The second kappa shape index (κ2) is 9.40. The van der Waals surface area contributed by atoms with Crippen LogP contribution in [0.1, 0.15) is 41.6 Å². The molecule has 0 spiro atoms. The average Bonchev–Trinajstić information content (AvgIpc) is 2.70. The first-order chi connectivity index (χ1) is 15.2. The van der Waals surface area contributed by atoms with Gasteiger partial charge in [0, 0.05) is 31.4 Å². The highest BCUT2D eigenvalue weighted by atomic mass is 19.4. The van der Waals surface area contributed by atoms with E-state index in [0.29, 0.717) is 18.9 Å². The molecule has 2 heterocycles. The summed E-state index contributed by atoms with van der Waals surface area (Å²) in [5, 5.41) is 3.46. The summed E-state index contributed by atoms with van der Waals surface area (Å²) in [4.78, 5) is 3.76. The lowest BCUT2D eigenvalue weighted by Crippen LogP contribution is -2.54. The van der Waals surface area contributed by atoms with Gasteiger partial charge >= 0.3 is 6.18 Å². The fourth-order valence-corrected chi connectivity index (χ4v) is 4.92. The number of hydrogen-bond acceptors (Lipinski definition) is 3. The second-order valence-corrected chi connectivity index (χ2v) is 9.04. The molecule has 32 heavy (non-hydrogen) atoms. The Labute approximate surface area is 187 Å². The maximum absolute atomic E-state index is 13.4. The molecule has 4 rings (SSSR count). The SMILES string of the molecule is [CH2]c1ccc2c(c1)C[C@@H](C)N(CC(F)(F)F)[C@@H]2c1ccc(NC2CN(CCCF)C2)cc1. The number of likely N-dealkylation sites (tertiary alicyclic amines) is 1. The molecule has 1 saturated heterocycles. The van der Waals surface area contributed by atoms with Crippen molar-refractivity contribution in [2.75, 3.05) is 38.2 Å². The molecular formula is C25H30F4N3. The molecule has 173 valence electrons. The minimum Gasteiger partial charge on any atom is -0.380 e. The number of alkyl halides is 4. The van der Waals surface area contributed by atoms with Crippen LogP contribution in [0.2, 0.25) is 0 Å². The number of nitrogens with zero attached hydrogens (tertiary/aromatic N) is 2. The Morgan fingerprint density at radius 2 is 1.81 bits per heavy atom. The standard InChI is InChI=1S/C25H30F4N3/c1-17-4-9-23-20(12-17)13-18(2)32(16-25(27,28)29)24(23)19-5-7-21(8-6-19)30-22-14-31(15-22)11-3-10-26/h4-9,12,18,22,24,30H,1,3,10-11,13-16H2,2H3/t18-,24-/m1/s1. The number of hydrogen-bond donors (Lipinski definition) is 1. The zero-order valence-corrected chi connectivity index (χ0v) is 18.3. The van der Waals surface area contributed by atoms with E-state index in [1.165, 1.54) is 0 Å². The molecule has 2 atom stereocenters. The Balaban J connectivity index is 1.53. The third-order valence-electron chi connectivity index (χ3n) is 6.44. The Bertz CT molecular complexity index is 906. The van der Waals surface area contributed by atoms with Gasteiger partial charge in [0.1, 0.15) is 0 Å². The number of nitrogens with one attached hydrogen (secondary N) is 1. The maximum Gasteiger partial charge on any atom is 0.401 e. The first-order valence-electron chi connectivity index (χ1n) is 11.2. The molecule has 0 unspecified atom stereocenters. The Hall–Kier alpha value is -2.12. The zero-order chi connectivity index (χ0) is 22.9. The highest BCUT2D eigenvalue weighted by Gasteiger charge is 2.40. The lowest BCUT2D eigenvalue weighted by Gasteiger charge is -2.43. The maximum atomic E-state index is 13.4. The van der Waals surface area contributed by atoms with Gasteiger partial charge in [-0.25, -0.2) is 0 Å². The van der Waals surface area contributed by atoms with E-state index in [-0.39, 0.29) is 12.7 Å². The van der Waals surface area contributed by atoms with Crippen molar-refractivity contribution < 1.29 is 17.6 Å². The van der Waals surface area contributed by atoms with Crippen LogP contribution in [-0.2, 0) is 6.42 Å². The second-order valence-electron chi connectivity index (χ2n) is 9.04. The van der Waals surface area contributed by atoms with Crippen LogP contribution in [0.5, 0.6) is 0 Å². The monoisotopic (exact) mass is 448 g/mol. The summed E-state index contributed by atoms with van der Waals surface area (Å²) >= 11 is 0. The van der Waals surface area contributed by atoms with E-state index in [1.807, 2.05) is 49.4 Å². The van der Waals surface area contributed by atoms with Crippen molar-refractivity contribution in [2.24, 2.45) is 0 Å². The third kappa shape index (κ3) is 5.26. The van der Waals surface area contributed by atoms with Crippen LogP contribution in [-0.4, -0.2) is 60.9 Å². The van der Waals surface area contributed by atoms with Crippen molar-refractivity contribution >= 4 is 5.69 Å². The molecule has 2 aromatic rings. The van der Waals surface area contributed by atoms with Crippen molar-refractivity contribution in [1.29, 1.82) is 0 Å². The number of benzene rings is 2. The quantitative estimate of drug-likeness (QED) is 0.586. The molecule has 1 fully saturated rings. The van der Waals surface area contributed by atoms with Crippen LogP contribution < -0.4 is 5.32 Å². The average molecular weight is 449 g/mol. The van der Waals surface area contributed by atoms with Crippen LogP contribution in [0.25, 0.3) is 0 Å². The molecule has 0 amide bonds. The van der Waals surface area contributed by atoms with Gasteiger partial charge in [0.25, 0.3) is 0 Å². The smallest absolute Gasteiger partial charge is 0.380 e. The first-order valence-corrected chi connectivity index (χ1v) is 11.2. The van der Waals surface area contributed by atoms with E-state index in [0.717, 1.165) is 47.6 Å². The summed E-state index contributed by atoms with van der Waals surface area (Å²) in [7, 11) is 0. The number of fused-ring (bicyclic) bond motifs is 1. The van der Waals surface area contributed by atoms with E-state index >= 15 is 0 Å². The van der Waals surface area contributed by atoms with Crippen molar-refractivity contribution in [3.63, 3.8) is 0 Å². The molecule has 1 radical (unpaired) electrons. The topological polar surface area (TPSA) is 18.5 Å². The van der Waals surface area contributed by atoms with E-state index in [9.17, 15) is 17.6 Å². The molecule has 2 aliphatic heterocycles. The number of halogens is 4. The van der Waals surface area contributed by atoms with Gasteiger partial charge in [0.15, 0.2) is 0 Å². The van der Waals surface area contributed by atoms with Gasteiger partial charge in [-0.3, -0.25) is 14.2 Å². The molecule has 0 saturated carbocycles. The summed E-state index contributed by atoms with van der Waals surface area (Å²) in [5.41, 5.74) is 4.66. The molecule has 0 aromatic heterocycles. The Morgan fingerprint density at radius 3 is 2.47 bits per heavy atom. The van der Waals surface area contributed by atoms with Gasteiger partial charge < -0.3 is 5.32 Å². The zero-order valence-electron chi connectivity index (χ0n) is 18.3. The predicted octanol–water partition coefficient (Wildman–Crippen LogP) is 5.22. The molecule has 0 aliphatic carbocycles. The van der Waals surface area contributed by atoms with E-state index in [4.69, 9.17) is 0 Å². The first kappa shape index (κ1) is 23.1. The Kier molecular flexibility index (Phi) is 6.77. The van der Waals surface area contributed by atoms with Crippen LogP contribution in [0.3, 0.4) is 0 Å². The van der Waals surface area contributed by atoms with Crippen molar-refractivity contribution in [2.45, 2.75) is 44.1 Å². The fourth-order valence-electron chi connectivity index (χ4n) is 4.92. The van der Waals surface area contributed by atoms with Crippen molar-refractivity contribution in [3.05, 3.63) is 71.6 Å². The predicted molar refractivity (Wildman–Crippen MR) is 120 cm³/mol. The fraction of sp³-hybridized carbons (Fsp3) is 0.480. The summed E-state index contributed by atoms with van der Waals surface area (Å²) in [6, 6.07) is 13.1. The summed E-state index contributed by atoms with van der Waals surface area (Å²) in [6.07, 6.45) is -3.13. The minimum atomic E-state index is -4.27. The molecule has 2 aliphatic rings. The number of rotatable bonds is 7. The summed E-state index contributed by atoms with van der Waals surface area (Å²) in [6.45, 7) is 7.13. The van der Waals surface area contributed by atoms with Crippen LogP contribution in [0.4, 0.5) is 23.2 Å². The van der Waals surface area contributed by atoms with Crippen LogP contribution in [0.15, 0.2) is 42.5 Å². The molecule has 0 bridgehead atoms. The number of anilines is 1. The van der Waals surface area contributed by atoms with E-state index < -0.39 is 18.8 Å². The molecular weight excluding hydrogens is 418 g/mol. The lowest BCUT2D eigenvalue weighted by molar-refractivity contribution is -0.155. The highest BCUT2D eigenvalue weighted by Crippen LogP contribution is 2.40. The van der Waals surface area contributed by atoms with Gasteiger partial charge in [0.05, 0.1) is 25.3 Å². The normalized spacial score (nSPS) is 22.4. The Morgan fingerprint density at radius 1 is 1.09 bits per heavy atom. The summed E-state index contributed by atoms with van der Waals surface area (Å²) < 4.78 is 52.5. The van der Waals surface area contributed by atoms with Gasteiger partial charge in [-0.2, -0.15) is 13.2 Å². The van der Waals surface area contributed by atoms with Crippen molar-refractivity contribution in [1.82, 2.24) is 9.80 Å². The van der Waals surface area contributed by atoms with Gasteiger partial charge in [-0.05, 0) is 61.1 Å². The van der Waals surface area contributed by atoms with Crippen molar-refractivity contribution in [3.8, 4) is 0 Å². The van der Waals surface area contributed by atoms with E-state index in [1.54, 1.807) is 4.90 Å². The molecule has 7 heteroatoms. The van der Waals surface area contributed by atoms with Crippen LogP contribution in [0, 0.1) is 6.92 Å². The minimum absolute atomic E-state index is 0.237. The molecule has 1 N–H and O–H groups in total. The largest absolute Gasteiger partial charge is 0.401 e. The highest BCUT2D eigenvalue weighted by molar-refractivity contribution is 5.49. The summed E-state index contributed by atoms with van der Waals surface area (Å²) in [5.74, 6) is 0. The van der Waals surface area contributed by atoms with Gasteiger partial charge in [-0.15, -0.1) is 0 Å². The van der Waals surface area contributed by atoms with E-state index in [2.05, 4.69) is 17.1 Å².